The van der Waals surface area contributed by atoms with Crippen LogP contribution in [0.2, 0.25) is 0 Å². The topological polar surface area (TPSA) is 79.3 Å². The molecule has 0 spiro atoms. The van der Waals surface area contributed by atoms with Crippen LogP contribution < -0.4 is 5.32 Å². The highest BCUT2D eigenvalue weighted by molar-refractivity contribution is 7.09. The Hall–Kier alpha value is -1.43. The highest BCUT2D eigenvalue weighted by atomic mass is 32.1. The van der Waals surface area contributed by atoms with Crippen molar-refractivity contribution in [2.45, 2.75) is 46.6 Å². The van der Waals surface area contributed by atoms with Gasteiger partial charge in [0.05, 0.1) is 5.01 Å². The lowest BCUT2D eigenvalue weighted by Gasteiger charge is -2.15. The fraction of sp³-hybridized carbons (Fsp3) is 0.643. The van der Waals surface area contributed by atoms with Gasteiger partial charge >= 0.3 is 5.97 Å². The second-order valence-corrected chi connectivity index (χ2v) is 6.66. The van der Waals surface area contributed by atoms with E-state index in [1.165, 1.54) is 11.3 Å². The molecule has 0 aliphatic carbocycles. The molecule has 1 aromatic rings. The Morgan fingerprint density at radius 1 is 1.30 bits per heavy atom. The molecule has 1 rings (SSSR count). The number of rotatable bonds is 7. The van der Waals surface area contributed by atoms with Crippen LogP contribution in [-0.4, -0.2) is 28.0 Å². The Kier molecular flexibility index (Phi) is 6.13. The van der Waals surface area contributed by atoms with Crippen LogP contribution in [0.5, 0.6) is 0 Å². The molecule has 0 unspecified atom stereocenters. The second kappa shape index (κ2) is 7.38. The predicted molar refractivity (Wildman–Crippen MR) is 79.0 cm³/mol. The SMILES string of the molecule is CC(C)Cc1nc(C(=O)N[C@@H](CC(C)C)C(=O)O)cs1. The number of nitrogens with zero attached hydrogens (tertiary/aromatic N) is 1. The average molecular weight is 298 g/mol. The summed E-state index contributed by atoms with van der Waals surface area (Å²) in [6.45, 7) is 8.02. The second-order valence-electron chi connectivity index (χ2n) is 5.72. The van der Waals surface area contributed by atoms with Crippen molar-refractivity contribution >= 4 is 23.2 Å². The van der Waals surface area contributed by atoms with Gasteiger partial charge in [-0.25, -0.2) is 9.78 Å². The van der Waals surface area contributed by atoms with Crippen LogP contribution in [0.15, 0.2) is 5.38 Å². The molecule has 6 heteroatoms. The first-order chi connectivity index (χ1) is 9.29. The maximum atomic E-state index is 12.0. The molecule has 1 amide bonds. The van der Waals surface area contributed by atoms with Gasteiger partial charge in [-0.2, -0.15) is 0 Å². The molecule has 0 saturated heterocycles. The van der Waals surface area contributed by atoms with Crippen LogP contribution in [0, 0.1) is 11.8 Å². The van der Waals surface area contributed by atoms with Gasteiger partial charge in [-0.15, -0.1) is 11.3 Å². The molecule has 0 saturated carbocycles. The lowest BCUT2D eigenvalue weighted by molar-refractivity contribution is -0.139. The highest BCUT2D eigenvalue weighted by Crippen LogP contribution is 2.15. The van der Waals surface area contributed by atoms with Gasteiger partial charge in [-0.05, 0) is 18.3 Å². The minimum absolute atomic E-state index is 0.198. The molecule has 0 bridgehead atoms. The predicted octanol–water partition coefficient (Wildman–Crippen LogP) is 2.57. The van der Waals surface area contributed by atoms with Crippen molar-refractivity contribution < 1.29 is 14.7 Å². The summed E-state index contributed by atoms with van der Waals surface area (Å²) in [4.78, 5) is 27.4. The largest absolute Gasteiger partial charge is 0.480 e. The summed E-state index contributed by atoms with van der Waals surface area (Å²) in [7, 11) is 0. The molecule has 0 aliphatic rings. The van der Waals surface area contributed by atoms with Crippen LogP contribution in [-0.2, 0) is 11.2 Å². The molecule has 1 aromatic heterocycles. The van der Waals surface area contributed by atoms with Gasteiger partial charge in [0, 0.05) is 11.8 Å². The Labute approximate surface area is 123 Å². The third-order valence-corrected chi connectivity index (χ3v) is 3.55. The number of carbonyl (C=O) groups excluding carboxylic acids is 1. The van der Waals surface area contributed by atoms with E-state index in [1.807, 2.05) is 13.8 Å². The van der Waals surface area contributed by atoms with Crippen LogP contribution in [0.1, 0.15) is 49.6 Å². The lowest BCUT2D eigenvalue weighted by atomic mass is 10.0. The van der Waals surface area contributed by atoms with Gasteiger partial charge in [0.1, 0.15) is 11.7 Å². The first-order valence-corrected chi connectivity index (χ1v) is 7.65. The normalized spacial score (nSPS) is 12.7. The van der Waals surface area contributed by atoms with Crippen LogP contribution in [0.4, 0.5) is 0 Å². The number of hydrogen-bond acceptors (Lipinski definition) is 4. The molecular weight excluding hydrogens is 276 g/mol. The van der Waals surface area contributed by atoms with Gasteiger partial charge < -0.3 is 10.4 Å². The molecule has 1 heterocycles. The smallest absolute Gasteiger partial charge is 0.326 e. The summed E-state index contributed by atoms with van der Waals surface area (Å²) in [5.74, 6) is -0.748. The maximum absolute atomic E-state index is 12.0. The first-order valence-electron chi connectivity index (χ1n) is 6.77. The number of carboxylic acids is 1. The quantitative estimate of drug-likeness (QED) is 0.811. The Bertz CT molecular complexity index is 469. The third kappa shape index (κ3) is 5.28. The first kappa shape index (κ1) is 16.6. The third-order valence-electron chi connectivity index (χ3n) is 2.68. The van der Waals surface area contributed by atoms with Crippen LogP contribution >= 0.6 is 11.3 Å². The Balaban J connectivity index is 2.69. The minimum Gasteiger partial charge on any atom is -0.480 e. The van der Waals surface area contributed by atoms with E-state index in [9.17, 15) is 9.59 Å². The standard InChI is InChI=1S/C14H22N2O3S/c1-8(2)5-10(14(18)19)16-13(17)11-7-20-12(15-11)6-9(3)4/h7-10H,5-6H2,1-4H3,(H,16,17)(H,18,19)/t10-/m0/s1. The summed E-state index contributed by atoms with van der Waals surface area (Å²) in [5, 5.41) is 14.2. The lowest BCUT2D eigenvalue weighted by Crippen LogP contribution is -2.41. The molecule has 2 N–H and O–H groups in total. The van der Waals surface area contributed by atoms with Crippen molar-refractivity contribution in [2.75, 3.05) is 0 Å². The van der Waals surface area contributed by atoms with Gasteiger partial charge in [0.25, 0.3) is 5.91 Å². The molecular formula is C14H22N2O3S. The summed E-state index contributed by atoms with van der Waals surface area (Å²) in [6, 6.07) is -0.863. The monoisotopic (exact) mass is 298 g/mol. The van der Waals surface area contributed by atoms with E-state index in [0.717, 1.165) is 11.4 Å². The number of aliphatic carboxylic acids is 1. The highest BCUT2D eigenvalue weighted by Gasteiger charge is 2.22. The van der Waals surface area contributed by atoms with Crippen molar-refractivity contribution in [1.29, 1.82) is 0 Å². The van der Waals surface area contributed by atoms with Gasteiger partial charge in [0.15, 0.2) is 0 Å². The van der Waals surface area contributed by atoms with E-state index in [2.05, 4.69) is 24.1 Å². The maximum Gasteiger partial charge on any atom is 0.326 e. The molecule has 0 aliphatic heterocycles. The van der Waals surface area contributed by atoms with Crippen LogP contribution in [0.25, 0.3) is 0 Å². The number of thiazole rings is 1. The van der Waals surface area contributed by atoms with Gasteiger partial charge in [-0.1, -0.05) is 27.7 Å². The van der Waals surface area contributed by atoms with Gasteiger partial charge in [-0.3, -0.25) is 4.79 Å². The van der Waals surface area contributed by atoms with Crippen molar-refractivity contribution in [3.63, 3.8) is 0 Å². The molecule has 112 valence electrons. The Morgan fingerprint density at radius 2 is 1.95 bits per heavy atom. The number of carbonyl (C=O) groups is 2. The molecule has 0 radical (unpaired) electrons. The van der Waals surface area contributed by atoms with E-state index >= 15 is 0 Å². The van der Waals surface area contributed by atoms with E-state index in [-0.39, 0.29) is 5.92 Å². The fourth-order valence-electron chi connectivity index (χ4n) is 1.78. The van der Waals surface area contributed by atoms with E-state index < -0.39 is 17.9 Å². The summed E-state index contributed by atoms with van der Waals surface area (Å²) >= 11 is 1.44. The van der Waals surface area contributed by atoms with Crippen molar-refractivity contribution in [1.82, 2.24) is 10.3 Å². The molecule has 1 atom stereocenters. The Morgan fingerprint density at radius 3 is 2.45 bits per heavy atom. The average Bonchev–Trinajstić information content (AvgIpc) is 2.74. The van der Waals surface area contributed by atoms with E-state index in [1.54, 1.807) is 5.38 Å². The zero-order valence-corrected chi connectivity index (χ0v) is 13.2. The van der Waals surface area contributed by atoms with E-state index in [4.69, 9.17) is 5.11 Å². The number of amides is 1. The van der Waals surface area contributed by atoms with Gasteiger partial charge in [0.2, 0.25) is 0 Å². The van der Waals surface area contributed by atoms with Crippen molar-refractivity contribution in [2.24, 2.45) is 11.8 Å². The number of nitrogens with one attached hydrogen (secondary N) is 1. The molecule has 0 fully saturated rings. The number of hydrogen-bond donors (Lipinski definition) is 2. The zero-order valence-electron chi connectivity index (χ0n) is 12.3. The molecule has 5 nitrogen and oxygen atoms in total. The molecule has 20 heavy (non-hydrogen) atoms. The zero-order chi connectivity index (χ0) is 15.3. The molecule has 0 aromatic carbocycles. The summed E-state index contributed by atoms with van der Waals surface area (Å²) in [6.07, 6.45) is 1.23. The van der Waals surface area contributed by atoms with E-state index in [0.29, 0.717) is 18.0 Å². The summed E-state index contributed by atoms with van der Waals surface area (Å²) < 4.78 is 0. The number of aromatic nitrogens is 1. The van der Waals surface area contributed by atoms with Crippen molar-refractivity contribution in [3.05, 3.63) is 16.1 Å². The number of carboxylic acid groups (broad SMARTS) is 1. The fourth-order valence-corrected chi connectivity index (χ4v) is 2.77. The van der Waals surface area contributed by atoms with Crippen LogP contribution in [0.3, 0.4) is 0 Å². The minimum atomic E-state index is -1.01. The van der Waals surface area contributed by atoms with Crippen molar-refractivity contribution in [3.8, 4) is 0 Å². The summed E-state index contributed by atoms with van der Waals surface area (Å²) in [5.41, 5.74) is 0.306.